The molecule has 3 atom stereocenters. The molecule has 168 valence electrons. The number of benzene rings is 2. The highest BCUT2D eigenvalue weighted by Gasteiger charge is 2.53. The number of hydrogen-bond donors (Lipinski definition) is 1. The molecule has 6 nitrogen and oxygen atoms in total. The number of hydrogen-bond acceptors (Lipinski definition) is 6. The Morgan fingerprint density at radius 1 is 1.16 bits per heavy atom. The number of nitrogens with zero attached hydrogens (tertiary/aromatic N) is 1. The molecular weight excluding hydrogens is 426 g/mol. The highest BCUT2D eigenvalue weighted by Crippen LogP contribution is 2.56. The largest absolute Gasteiger partial charge is 0.504 e. The van der Waals surface area contributed by atoms with E-state index < -0.39 is 15.5 Å². The second kappa shape index (κ2) is 7.39. The number of ether oxygens (including phenoxy) is 1. The van der Waals surface area contributed by atoms with Crippen LogP contribution >= 0.6 is 0 Å². The van der Waals surface area contributed by atoms with E-state index in [0.717, 1.165) is 36.1 Å². The number of allylic oxidation sites excluding steroid dienone is 2. The molecule has 32 heavy (non-hydrogen) atoms. The van der Waals surface area contributed by atoms with E-state index in [9.17, 15) is 13.5 Å². The van der Waals surface area contributed by atoms with Crippen LogP contribution in [0, 0.1) is 12.8 Å². The minimum absolute atomic E-state index is 0.0983. The van der Waals surface area contributed by atoms with Gasteiger partial charge < -0.3 is 18.9 Å². The minimum atomic E-state index is -3.97. The molecule has 1 aliphatic heterocycles. The summed E-state index contributed by atoms with van der Waals surface area (Å²) in [6.07, 6.45) is 7.25. The van der Waals surface area contributed by atoms with Crippen LogP contribution in [-0.2, 0) is 26.1 Å². The molecular formula is C25H27NO5S. The number of phenolic OH excluding ortho intramolecular Hbond substituents is 1. The van der Waals surface area contributed by atoms with Gasteiger partial charge in [0.25, 0.3) is 0 Å². The summed E-state index contributed by atoms with van der Waals surface area (Å²) >= 11 is 0. The predicted molar refractivity (Wildman–Crippen MR) is 121 cm³/mol. The number of phenols is 1. The Morgan fingerprint density at radius 2 is 1.91 bits per heavy atom. The molecule has 0 aromatic heterocycles. The molecule has 2 bridgehead atoms. The van der Waals surface area contributed by atoms with E-state index in [4.69, 9.17) is 8.92 Å². The van der Waals surface area contributed by atoms with Crippen molar-refractivity contribution >= 4 is 10.1 Å². The first kappa shape index (κ1) is 21.1. The zero-order chi connectivity index (χ0) is 22.7. The lowest BCUT2D eigenvalue weighted by atomic mass is 9.55. The number of methoxy groups -OCH3 is 1. The van der Waals surface area contributed by atoms with Crippen molar-refractivity contribution < 1.29 is 22.4 Å². The molecule has 2 aromatic carbocycles. The van der Waals surface area contributed by atoms with Crippen molar-refractivity contribution in [2.45, 2.75) is 36.1 Å². The van der Waals surface area contributed by atoms with E-state index in [2.05, 4.69) is 11.9 Å². The van der Waals surface area contributed by atoms with Crippen LogP contribution in [0.4, 0.5) is 0 Å². The normalized spacial score (nSPS) is 26.7. The third-order valence-electron chi connectivity index (χ3n) is 7.18. The molecule has 0 saturated carbocycles. The summed E-state index contributed by atoms with van der Waals surface area (Å²) in [7, 11) is -0.316. The molecule has 3 unspecified atom stereocenters. The van der Waals surface area contributed by atoms with E-state index in [1.165, 1.54) is 7.11 Å². The van der Waals surface area contributed by atoms with Gasteiger partial charge in [-0.3, -0.25) is 0 Å². The number of aryl methyl sites for hydroxylation is 1. The van der Waals surface area contributed by atoms with E-state index in [0.29, 0.717) is 5.75 Å². The van der Waals surface area contributed by atoms with Crippen LogP contribution in [0.1, 0.15) is 23.1 Å². The first-order chi connectivity index (χ1) is 15.2. The summed E-state index contributed by atoms with van der Waals surface area (Å²) in [4.78, 5) is 2.46. The van der Waals surface area contributed by atoms with Crippen LogP contribution in [0.2, 0.25) is 0 Å². The number of likely N-dealkylation sites (tertiary alicyclic amines) is 1. The van der Waals surface area contributed by atoms with Gasteiger partial charge in [-0.05, 0) is 69.3 Å². The standard InChI is InChI=1S/C25H27NO5S/c1-16-4-8-19(9-5-16)32(28,29)31-18-7-10-20-21-14-17-6-11-22(30-3)24(27)23(17)25(20,15-18)12-13-26(21)2/h4-11,15,20-21,27H,12-14H2,1-3H3. The SMILES string of the molecule is COc1ccc2c(c1O)C13C=C(OS(=O)(=O)c4ccc(C)cc4)C=CC1C(C2)N(C)CC3. The molecule has 1 fully saturated rings. The van der Waals surface area contributed by atoms with Gasteiger partial charge in [-0.15, -0.1) is 0 Å². The maximum absolute atomic E-state index is 12.9. The Hall–Kier alpha value is -2.77. The fraction of sp³-hybridized carbons (Fsp3) is 0.360. The highest BCUT2D eigenvalue weighted by atomic mass is 32.2. The summed E-state index contributed by atoms with van der Waals surface area (Å²) in [5.41, 5.74) is 2.30. The third kappa shape index (κ3) is 3.14. The number of likely N-dealkylation sites (N-methyl/N-ethyl adjacent to an activating group) is 1. The summed E-state index contributed by atoms with van der Waals surface area (Å²) in [6, 6.07) is 10.7. The van der Waals surface area contributed by atoms with Gasteiger partial charge >= 0.3 is 10.1 Å². The van der Waals surface area contributed by atoms with Gasteiger partial charge in [0, 0.05) is 22.9 Å². The maximum Gasteiger partial charge on any atom is 0.339 e. The molecule has 5 rings (SSSR count). The van der Waals surface area contributed by atoms with E-state index in [1.807, 2.05) is 25.1 Å². The van der Waals surface area contributed by atoms with Crippen molar-refractivity contribution in [3.63, 3.8) is 0 Å². The van der Waals surface area contributed by atoms with Crippen LogP contribution < -0.4 is 4.74 Å². The van der Waals surface area contributed by atoms with Crippen molar-refractivity contribution in [3.05, 3.63) is 77.1 Å². The molecule has 0 amide bonds. The molecule has 0 radical (unpaired) electrons. The van der Waals surface area contributed by atoms with E-state index >= 15 is 0 Å². The molecule has 1 saturated heterocycles. The Balaban J connectivity index is 1.61. The van der Waals surface area contributed by atoms with Crippen molar-refractivity contribution in [2.75, 3.05) is 20.7 Å². The molecule has 7 heteroatoms. The minimum Gasteiger partial charge on any atom is -0.504 e. The molecule has 1 N–H and O–H groups in total. The average molecular weight is 454 g/mol. The lowest BCUT2D eigenvalue weighted by Crippen LogP contribution is -2.58. The van der Waals surface area contributed by atoms with E-state index in [-0.39, 0.29) is 28.4 Å². The molecule has 2 aromatic rings. The molecule has 1 heterocycles. The van der Waals surface area contributed by atoms with Gasteiger partial charge in [0.1, 0.15) is 10.7 Å². The second-order valence-electron chi connectivity index (χ2n) is 8.98. The Kier molecular flexibility index (Phi) is 4.87. The maximum atomic E-state index is 12.9. The van der Waals surface area contributed by atoms with Crippen molar-refractivity contribution in [1.29, 1.82) is 0 Å². The topological polar surface area (TPSA) is 76.1 Å². The zero-order valence-electron chi connectivity index (χ0n) is 18.4. The Morgan fingerprint density at radius 3 is 2.62 bits per heavy atom. The highest BCUT2D eigenvalue weighted by molar-refractivity contribution is 7.86. The average Bonchev–Trinajstić information content (AvgIpc) is 2.76. The molecule has 0 spiro atoms. The van der Waals surface area contributed by atoms with Gasteiger partial charge in [-0.2, -0.15) is 8.42 Å². The number of rotatable bonds is 4. The smallest absolute Gasteiger partial charge is 0.339 e. The monoisotopic (exact) mass is 453 g/mol. The van der Waals surface area contributed by atoms with Crippen LogP contribution in [0.25, 0.3) is 0 Å². The van der Waals surface area contributed by atoms with Gasteiger partial charge in [0.15, 0.2) is 11.5 Å². The lowest BCUT2D eigenvalue weighted by molar-refractivity contribution is 0.0759. The van der Waals surface area contributed by atoms with Gasteiger partial charge in [-0.1, -0.05) is 29.8 Å². The first-order valence-corrected chi connectivity index (χ1v) is 12.2. The second-order valence-corrected chi connectivity index (χ2v) is 10.5. The first-order valence-electron chi connectivity index (χ1n) is 10.8. The number of aromatic hydroxyl groups is 1. The Bertz CT molecular complexity index is 1230. The fourth-order valence-electron chi connectivity index (χ4n) is 5.55. The quantitative estimate of drug-likeness (QED) is 0.712. The van der Waals surface area contributed by atoms with Gasteiger partial charge in [-0.25, -0.2) is 0 Å². The fourth-order valence-corrected chi connectivity index (χ4v) is 6.47. The van der Waals surface area contributed by atoms with Gasteiger partial charge in [0.2, 0.25) is 0 Å². The van der Waals surface area contributed by atoms with Crippen LogP contribution in [0.15, 0.2) is 65.3 Å². The summed E-state index contributed by atoms with van der Waals surface area (Å²) in [5, 5.41) is 11.1. The number of piperidine rings is 1. The Labute approximate surface area is 188 Å². The predicted octanol–water partition coefficient (Wildman–Crippen LogP) is 3.68. The third-order valence-corrected chi connectivity index (χ3v) is 8.44. The summed E-state index contributed by atoms with van der Waals surface area (Å²) < 4.78 is 36.9. The van der Waals surface area contributed by atoms with Crippen LogP contribution in [0.3, 0.4) is 0 Å². The van der Waals surface area contributed by atoms with Crippen molar-refractivity contribution in [1.82, 2.24) is 4.90 Å². The van der Waals surface area contributed by atoms with Crippen molar-refractivity contribution in [2.24, 2.45) is 5.92 Å². The van der Waals surface area contributed by atoms with Crippen molar-refractivity contribution in [3.8, 4) is 11.5 Å². The zero-order valence-corrected chi connectivity index (χ0v) is 19.2. The van der Waals surface area contributed by atoms with Gasteiger partial charge in [0.05, 0.1) is 7.11 Å². The molecule has 3 aliphatic rings. The van der Waals surface area contributed by atoms with E-state index in [1.54, 1.807) is 36.4 Å². The summed E-state index contributed by atoms with van der Waals surface area (Å²) in [5.74, 6) is 0.929. The van der Waals surface area contributed by atoms with Crippen LogP contribution in [-0.4, -0.2) is 45.2 Å². The summed E-state index contributed by atoms with van der Waals surface area (Å²) in [6.45, 7) is 2.74. The lowest BCUT2D eigenvalue weighted by Gasteiger charge is -2.55. The number of fused-ring (bicyclic) bond motifs is 1. The molecule has 2 aliphatic carbocycles. The van der Waals surface area contributed by atoms with Crippen LogP contribution in [0.5, 0.6) is 11.5 Å².